The molecule has 0 spiro atoms. The molecular weight excluding hydrogens is 306 g/mol. The van der Waals surface area contributed by atoms with Crippen molar-refractivity contribution in [1.82, 2.24) is 14.7 Å². The fraction of sp³-hybridized carbons (Fsp3) is 0.389. The van der Waals surface area contributed by atoms with Gasteiger partial charge in [0, 0.05) is 18.8 Å². The fourth-order valence-electron chi connectivity index (χ4n) is 2.66. The van der Waals surface area contributed by atoms with Crippen molar-refractivity contribution in [2.75, 3.05) is 6.54 Å². The van der Waals surface area contributed by atoms with Gasteiger partial charge in [0.05, 0.1) is 24.2 Å². The highest BCUT2D eigenvalue weighted by Gasteiger charge is 2.34. The van der Waals surface area contributed by atoms with Gasteiger partial charge in [0.25, 0.3) is 0 Å². The maximum atomic E-state index is 12.6. The predicted octanol–water partition coefficient (Wildman–Crippen LogP) is 2.13. The largest absolute Gasteiger partial charge is 0.481 e. The van der Waals surface area contributed by atoms with E-state index in [1.54, 1.807) is 22.7 Å². The number of para-hydroxylation sites is 1. The number of hydrogen-bond acceptors (Lipinski definition) is 3. The van der Waals surface area contributed by atoms with Gasteiger partial charge in [0.1, 0.15) is 0 Å². The van der Waals surface area contributed by atoms with E-state index in [-0.39, 0.29) is 24.9 Å². The van der Waals surface area contributed by atoms with Gasteiger partial charge >= 0.3 is 5.97 Å². The Balaban J connectivity index is 1.67. The van der Waals surface area contributed by atoms with Crippen molar-refractivity contribution in [2.24, 2.45) is 5.92 Å². The zero-order chi connectivity index (χ0) is 17.1. The summed E-state index contributed by atoms with van der Waals surface area (Å²) < 4.78 is 1.74. The number of rotatable bonds is 7. The average Bonchev–Trinajstić information content (AvgIpc) is 3.31. The molecule has 0 bridgehead atoms. The van der Waals surface area contributed by atoms with Crippen molar-refractivity contribution < 1.29 is 14.7 Å². The van der Waals surface area contributed by atoms with Crippen LogP contribution in [0.15, 0.2) is 42.7 Å². The number of carboxylic acid groups (broad SMARTS) is 1. The van der Waals surface area contributed by atoms with E-state index in [9.17, 15) is 9.59 Å². The number of benzene rings is 1. The van der Waals surface area contributed by atoms with E-state index in [1.165, 1.54) is 0 Å². The van der Waals surface area contributed by atoms with E-state index < -0.39 is 11.9 Å². The molecule has 1 unspecified atom stereocenters. The Kier molecular flexibility index (Phi) is 4.64. The maximum absolute atomic E-state index is 12.6. The molecule has 1 saturated carbocycles. The van der Waals surface area contributed by atoms with E-state index in [2.05, 4.69) is 5.10 Å². The van der Waals surface area contributed by atoms with E-state index in [1.807, 2.05) is 36.5 Å². The summed E-state index contributed by atoms with van der Waals surface area (Å²) in [6, 6.07) is 9.90. The van der Waals surface area contributed by atoms with Crippen LogP contribution in [0.1, 0.15) is 25.3 Å². The van der Waals surface area contributed by atoms with Crippen LogP contribution in [-0.2, 0) is 16.0 Å². The van der Waals surface area contributed by atoms with Gasteiger partial charge in [-0.2, -0.15) is 5.10 Å². The molecule has 0 radical (unpaired) electrons. The SMILES string of the molecule is CC(CN(C(=O)Cc1cnn(-c2ccccc2)c1)C1CC1)C(=O)O. The lowest BCUT2D eigenvalue weighted by Crippen LogP contribution is -2.39. The van der Waals surface area contributed by atoms with Crippen LogP contribution in [0, 0.1) is 5.92 Å². The van der Waals surface area contributed by atoms with Crippen LogP contribution in [0.5, 0.6) is 0 Å². The summed E-state index contributed by atoms with van der Waals surface area (Å²) in [5, 5.41) is 13.4. The molecule has 1 N–H and O–H groups in total. The van der Waals surface area contributed by atoms with Crippen molar-refractivity contribution in [3.63, 3.8) is 0 Å². The van der Waals surface area contributed by atoms with Crippen molar-refractivity contribution in [1.29, 1.82) is 0 Å². The van der Waals surface area contributed by atoms with Gasteiger partial charge in [-0.1, -0.05) is 25.1 Å². The summed E-state index contributed by atoms with van der Waals surface area (Å²) in [5.74, 6) is -1.45. The van der Waals surface area contributed by atoms with Crippen molar-refractivity contribution >= 4 is 11.9 Å². The molecule has 126 valence electrons. The molecule has 1 atom stereocenters. The normalized spacial score (nSPS) is 15.0. The number of hydrogen-bond donors (Lipinski definition) is 1. The number of aliphatic carboxylic acids is 1. The number of amides is 1. The minimum absolute atomic E-state index is 0.0294. The molecule has 1 aromatic carbocycles. The number of nitrogens with zero attached hydrogens (tertiary/aromatic N) is 3. The van der Waals surface area contributed by atoms with Crippen LogP contribution in [0.4, 0.5) is 0 Å². The smallest absolute Gasteiger partial charge is 0.308 e. The Labute approximate surface area is 140 Å². The Bertz CT molecular complexity index is 722. The van der Waals surface area contributed by atoms with Crippen molar-refractivity contribution in [2.45, 2.75) is 32.2 Å². The lowest BCUT2D eigenvalue weighted by Gasteiger charge is -2.24. The van der Waals surface area contributed by atoms with E-state index in [4.69, 9.17) is 5.11 Å². The van der Waals surface area contributed by atoms with Gasteiger partial charge in [0.2, 0.25) is 5.91 Å². The molecule has 0 aliphatic heterocycles. The first kappa shape index (κ1) is 16.2. The van der Waals surface area contributed by atoms with E-state index >= 15 is 0 Å². The molecule has 1 fully saturated rings. The van der Waals surface area contributed by atoms with Crippen LogP contribution >= 0.6 is 0 Å². The molecule has 2 aromatic rings. The van der Waals surface area contributed by atoms with Crippen LogP contribution in [0.25, 0.3) is 5.69 Å². The van der Waals surface area contributed by atoms with Gasteiger partial charge in [-0.25, -0.2) is 4.68 Å². The van der Waals surface area contributed by atoms with Gasteiger partial charge in [0.15, 0.2) is 0 Å². The van der Waals surface area contributed by atoms with Crippen LogP contribution in [-0.4, -0.2) is 44.3 Å². The summed E-state index contributed by atoms with van der Waals surface area (Å²) in [7, 11) is 0. The Morgan fingerprint density at radius 2 is 2.04 bits per heavy atom. The Hall–Kier alpha value is -2.63. The Morgan fingerprint density at radius 3 is 2.67 bits per heavy atom. The highest BCUT2D eigenvalue weighted by molar-refractivity contribution is 5.80. The molecule has 6 heteroatoms. The van der Waals surface area contributed by atoms with Crippen molar-refractivity contribution in [3.8, 4) is 5.69 Å². The molecular formula is C18H21N3O3. The summed E-state index contributed by atoms with van der Waals surface area (Å²) >= 11 is 0. The Morgan fingerprint density at radius 1 is 1.33 bits per heavy atom. The predicted molar refractivity (Wildman–Crippen MR) is 88.8 cm³/mol. The van der Waals surface area contributed by atoms with E-state index in [0.29, 0.717) is 0 Å². The minimum atomic E-state index is -0.870. The molecule has 24 heavy (non-hydrogen) atoms. The highest BCUT2D eigenvalue weighted by Crippen LogP contribution is 2.28. The monoisotopic (exact) mass is 327 g/mol. The van der Waals surface area contributed by atoms with Gasteiger partial charge in [-0.15, -0.1) is 0 Å². The molecule has 1 aromatic heterocycles. The zero-order valence-electron chi connectivity index (χ0n) is 13.6. The second-order valence-corrected chi connectivity index (χ2v) is 6.32. The summed E-state index contributed by atoms with van der Waals surface area (Å²) in [5.41, 5.74) is 1.77. The van der Waals surface area contributed by atoms with Gasteiger partial charge in [-0.3, -0.25) is 9.59 Å². The summed E-state index contributed by atoms with van der Waals surface area (Å²) in [6.45, 7) is 1.91. The summed E-state index contributed by atoms with van der Waals surface area (Å²) in [6.07, 6.45) is 5.70. The third kappa shape index (κ3) is 3.82. The van der Waals surface area contributed by atoms with Crippen LogP contribution in [0.3, 0.4) is 0 Å². The minimum Gasteiger partial charge on any atom is -0.481 e. The van der Waals surface area contributed by atoms with Crippen LogP contribution in [0.2, 0.25) is 0 Å². The number of carbonyl (C=O) groups is 2. The van der Waals surface area contributed by atoms with E-state index in [0.717, 1.165) is 24.1 Å². The van der Waals surface area contributed by atoms with Crippen molar-refractivity contribution in [3.05, 3.63) is 48.3 Å². The molecule has 1 heterocycles. The lowest BCUT2D eigenvalue weighted by molar-refractivity contribution is -0.143. The molecule has 1 aliphatic carbocycles. The first-order chi connectivity index (χ1) is 11.5. The maximum Gasteiger partial charge on any atom is 0.308 e. The van der Waals surface area contributed by atoms with Gasteiger partial charge < -0.3 is 10.0 Å². The second-order valence-electron chi connectivity index (χ2n) is 6.32. The van der Waals surface area contributed by atoms with Gasteiger partial charge in [-0.05, 0) is 30.5 Å². The fourth-order valence-corrected chi connectivity index (χ4v) is 2.66. The second kappa shape index (κ2) is 6.86. The first-order valence-electron chi connectivity index (χ1n) is 8.16. The quantitative estimate of drug-likeness (QED) is 0.845. The topological polar surface area (TPSA) is 75.4 Å². The number of aromatic nitrogens is 2. The molecule has 0 saturated heterocycles. The number of carboxylic acids is 1. The standard InChI is InChI=1S/C18H21N3O3/c1-13(18(23)24)11-20(15-7-8-15)17(22)9-14-10-19-21(12-14)16-5-3-2-4-6-16/h2-6,10,12-13,15H,7-9,11H2,1H3,(H,23,24). The average molecular weight is 327 g/mol. The molecule has 6 nitrogen and oxygen atoms in total. The lowest BCUT2D eigenvalue weighted by atomic mass is 10.1. The third-order valence-corrected chi connectivity index (χ3v) is 4.21. The zero-order valence-corrected chi connectivity index (χ0v) is 13.6. The third-order valence-electron chi connectivity index (χ3n) is 4.21. The molecule has 3 rings (SSSR count). The highest BCUT2D eigenvalue weighted by atomic mass is 16.4. The number of carbonyl (C=O) groups excluding carboxylic acids is 1. The first-order valence-corrected chi connectivity index (χ1v) is 8.16. The van der Waals surface area contributed by atoms with Crippen LogP contribution < -0.4 is 0 Å². The molecule has 1 aliphatic rings. The summed E-state index contributed by atoms with van der Waals surface area (Å²) in [4.78, 5) is 25.4. The molecule has 1 amide bonds.